The van der Waals surface area contributed by atoms with Crippen molar-refractivity contribution >= 4 is 63.9 Å². The maximum Gasteiger partial charge on any atom is 0.196 e. The lowest BCUT2D eigenvalue weighted by atomic mass is 10.1. The molecule has 0 aliphatic carbocycles. The molecule has 0 saturated heterocycles. The van der Waals surface area contributed by atoms with Crippen LogP contribution in [0.1, 0.15) is 10.4 Å². The van der Waals surface area contributed by atoms with Gasteiger partial charge in [0.25, 0.3) is 0 Å². The van der Waals surface area contributed by atoms with Crippen LogP contribution in [0.2, 0.25) is 20.1 Å². The summed E-state index contributed by atoms with van der Waals surface area (Å²) in [5.41, 5.74) is 2.10. The van der Waals surface area contributed by atoms with Crippen LogP contribution in [0.5, 0.6) is 0 Å². The molecule has 9 heteroatoms. The molecule has 3 aromatic carbocycles. The van der Waals surface area contributed by atoms with Crippen molar-refractivity contribution in [2.24, 2.45) is 0 Å². The first kappa shape index (κ1) is 22.2. The van der Waals surface area contributed by atoms with Gasteiger partial charge in [0.15, 0.2) is 16.8 Å². The van der Waals surface area contributed by atoms with Crippen LogP contribution in [0, 0.1) is 0 Å². The maximum atomic E-state index is 12.7. The number of rotatable bonds is 6. The number of Topliss-reactive ketones (excluding diaryl/α,β-unsaturated/α-hetero) is 1. The minimum atomic E-state index is -0.0986. The predicted molar refractivity (Wildman–Crippen MR) is 128 cm³/mol. The van der Waals surface area contributed by atoms with Gasteiger partial charge < -0.3 is 0 Å². The van der Waals surface area contributed by atoms with Gasteiger partial charge in [-0.1, -0.05) is 70.3 Å². The molecule has 31 heavy (non-hydrogen) atoms. The van der Waals surface area contributed by atoms with Crippen molar-refractivity contribution in [1.29, 1.82) is 0 Å². The molecule has 0 saturated carbocycles. The topological polar surface area (TPSA) is 47.8 Å². The summed E-state index contributed by atoms with van der Waals surface area (Å²) in [5.74, 6) is 0.659. The van der Waals surface area contributed by atoms with E-state index in [1.165, 1.54) is 11.8 Å². The standard InChI is InChI=1S/C22H13Cl4N3OS/c23-15-5-7-17(8-6-15)29-21(14-2-1-3-16(24)10-14)27-28-22(29)31-12-20(30)13-4-9-18(25)19(26)11-13/h1-11H,12H2. The molecular weight excluding hydrogens is 496 g/mol. The Hall–Kier alpha value is -2.02. The van der Waals surface area contributed by atoms with E-state index >= 15 is 0 Å². The lowest BCUT2D eigenvalue weighted by Crippen LogP contribution is -2.05. The molecule has 4 nitrogen and oxygen atoms in total. The largest absolute Gasteiger partial charge is 0.293 e. The molecule has 0 radical (unpaired) electrons. The van der Waals surface area contributed by atoms with Gasteiger partial charge in [-0.2, -0.15) is 0 Å². The van der Waals surface area contributed by atoms with Gasteiger partial charge in [0.1, 0.15) is 0 Å². The molecule has 0 bridgehead atoms. The Kier molecular flexibility index (Phi) is 6.89. The minimum absolute atomic E-state index is 0.0986. The van der Waals surface area contributed by atoms with Crippen LogP contribution in [0.15, 0.2) is 71.9 Å². The van der Waals surface area contributed by atoms with Gasteiger partial charge in [-0.3, -0.25) is 9.36 Å². The highest BCUT2D eigenvalue weighted by atomic mass is 35.5. The van der Waals surface area contributed by atoms with Crippen molar-refractivity contribution in [3.63, 3.8) is 0 Å². The Labute approximate surface area is 203 Å². The average Bonchev–Trinajstić information content (AvgIpc) is 3.18. The highest BCUT2D eigenvalue weighted by molar-refractivity contribution is 7.99. The Morgan fingerprint density at radius 3 is 2.32 bits per heavy atom. The number of aromatic nitrogens is 3. The van der Waals surface area contributed by atoms with E-state index in [4.69, 9.17) is 46.4 Å². The Morgan fingerprint density at radius 1 is 0.839 bits per heavy atom. The third kappa shape index (κ3) is 5.08. The van der Waals surface area contributed by atoms with E-state index in [1.54, 1.807) is 36.4 Å². The van der Waals surface area contributed by atoms with Crippen LogP contribution in [0.3, 0.4) is 0 Å². The molecule has 0 unspecified atom stereocenters. The first-order chi connectivity index (χ1) is 14.9. The fourth-order valence-electron chi connectivity index (χ4n) is 2.88. The monoisotopic (exact) mass is 507 g/mol. The minimum Gasteiger partial charge on any atom is -0.293 e. The van der Waals surface area contributed by atoms with Crippen LogP contribution in [-0.4, -0.2) is 26.3 Å². The number of carbonyl (C=O) groups is 1. The smallest absolute Gasteiger partial charge is 0.196 e. The number of benzene rings is 3. The summed E-state index contributed by atoms with van der Waals surface area (Å²) in [6.45, 7) is 0. The number of nitrogens with zero attached hydrogens (tertiary/aromatic N) is 3. The fourth-order valence-corrected chi connectivity index (χ4v) is 4.34. The van der Waals surface area contributed by atoms with Crippen molar-refractivity contribution < 1.29 is 4.79 Å². The summed E-state index contributed by atoms with van der Waals surface area (Å²) < 4.78 is 1.87. The van der Waals surface area contributed by atoms with Crippen molar-refractivity contribution in [2.45, 2.75) is 5.16 Å². The second-order valence-electron chi connectivity index (χ2n) is 6.47. The van der Waals surface area contributed by atoms with Crippen LogP contribution in [0.4, 0.5) is 0 Å². The normalized spacial score (nSPS) is 11.0. The van der Waals surface area contributed by atoms with E-state index in [9.17, 15) is 4.79 Å². The predicted octanol–water partition coefficient (Wildman–Crippen LogP) is 7.52. The Balaban J connectivity index is 1.68. The maximum absolute atomic E-state index is 12.7. The molecule has 0 aliphatic rings. The SMILES string of the molecule is O=C(CSc1nnc(-c2cccc(Cl)c2)n1-c1ccc(Cl)cc1)c1ccc(Cl)c(Cl)c1. The van der Waals surface area contributed by atoms with Crippen LogP contribution < -0.4 is 0 Å². The quantitative estimate of drug-likeness (QED) is 0.199. The summed E-state index contributed by atoms with van der Waals surface area (Å²) in [7, 11) is 0. The molecule has 4 aromatic rings. The Morgan fingerprint density at radius 2 is 1.61 bits per heavy atom. The second kappa shape index (κ2) is 9.63. The second-order valence-corrected chi connectivity index (χ2v) is 9.10. The summed E-state index contributed by atoms with van der Waals surface area (Å²) in [5, 5.41) is 11.2. The summed E-state index contributed by atoms with van der Waals surface area (Å²) in [6, 6.07) is 19.5. The van der Waals surface area contributed by atoms with E-state index in [1.807, 2.05) is 34.9 Å². The lowest BCUT2D eigenvalue weighted by molar-refractivity contribution is 0.102. The van der Waals surface area contributed by atoms with E-state index in [-0.39, 0.29) is 11.5 Å². The third-order valence-corrected chi connectivity index (χ3v) is 6.53. The van der Waals surface area contributed by atoms with E-state index < -0.39 is 0 Å². The van der Waals surface area contributed by atoms with Crippen molar-refractivity contribution in [1.82, 2.24) is 14.8 Å². The molecule has 0 fully saturated rings. The zero-order chi connectivity index (χ0) is 22.0. The number of hydrogen-bond donors (Lipinski definition) is 0. The van der Waals surface area contributed by atoms with E-state index in [0.717, 1.165) is 11.3 Å². The number of ketones is 1. The van der Waals surface area contributed by atoms with Gasteiger partial charge in [0.05, 0.1) is 15.8 Å². The van der Waals surface area contributed by atoms with Gasteiger partial charge >= 0.3 is 0 Å². The molecular formula is C22H13Cl4N3OS. The fraction of sp³-hybridized carbons (Fsp3) is 0.0455. The lowest BCUT2D eigenvalue weighted by Gasteiger charge is -2.11. The van der Waals surface area contributed by atoms with E-state index in [0.29, 0.717) is 36.6 Å². The van der Waals surface area contributed by atoms with Crippen molar-refractivity contribution in [2.75, 3.05) is 5.75 Å². The number of thioether (sulfide) groups is 1. The molecule has 1 heterocycles. The molecule has 156 valence electrons. The van der Waals surface area contributed by atoms with Crippen LogP contribution >= 0.6 is 58.2 Å². The van der Waals surface area contributed by atoms with Crippen LogP contribution in [-0.2, 0) is 0 Å². The number of carbonyl (C=O) groups excluding carboxylic acids is 1. The molecule has 0 amide bonds. The van der Waals surface area contributed by atoms with Gasteiger partial charge in [-0.05, 0) is 54.6 Å². The molecule has 0 spiro atoms. The average molecular weight is 509 g/mol. The molecule has 0 aliphatic heterocycles. The summed E-state index contributed by atoms with van der Waals surface area (Å²) >= 11 is 25.5. The zero-order valence-corrected chi connectivity index (χ0v) is 19.6. The number of hydrogen-bond acceptors (Lipinski definition) is 4. The van der Waals surface area contributed by atoms with Crippen molar-refractivity contribution in [3.8, 4) is 17.1 Å². The number of halogens is 4. The van der Waals surface area contributed by atoms with Gasteiger partial charge in [0.2, 0.25) is 0 Å². The zero-order valence-electron chi connectivity index (χ0n) is 15.7. The first-order valence-corrected chi connectivity index (χ1v) is 11.5. The highest BCUT2D eigenvalue weighted by Gasteiger charge is 2.18. The molecule has 4 rings (SSSR count). The third-order valence-electron chi connectivity index (χ3n) is 4.37. The summed E-state index contributed by atoms with van der Waals surface area (Å²) in [4.78, 5) is 12.7. The first-order valence-electron chi connectivity index (χ1n) is 9.01. The van der Waals surface area contributed by atoms with Gasteiger partial charge in [0, 0.05) is 26.9 Å². The molecule has 1 aromatic heterocycles. The van der Waals surface area contributed by atoms with Gasteiger partial charge in [-0.25, -0.2) is 0 Å². The molecule has 0 atom stereocenters. The Bertz CT molecular complexity index is 1260. The van der Waals surface area contributed by atoms with Crippen molar-refractivity contribution in [3.05, 3.63) is 92.4 Å². The van der Waals surface area contributed by atoms with E-state index in [2.05, 4.69) is 10.2 Å². The summed E-state index contributed by atoms with van der Waals surface area (Å²) in [6.07, 6.45) is 0. The highest BCUT2D eigenvalue weighted by Crippen LogP contribution is 2.30. The molecule has 0 N–H and O–H groups in total. The van der Waals surface area contributed by atoms with Gasteiger partial charge in [-0.15, -0.1) is 10.2 Å². The van der Waals surface area contributed by atoms with Crippen LogP contribution in [0.25, 0.3) is 17.1 Å².